The van der Waals surface area contributed by atoms with Crippen LogP contribution in [0, 0.1) is 0 Å². The number of hydrogen-bond donors (Lipinski definition) is 0. The zero-order valence-corrected chi connectivity index (χ0v) is 9.21. The van der Waals surface area contributed by atoms with Crippen LogP contribution in [-0.2, 0) is 9.84 Å². The second kappa shape index (κ2) is 4.17. The predicted molar refractivity (Wildman–Crippen MR) is 58.3 cm³/mol. The fourth-order valence-electron chi connectivity index (χ4n) is 1.20. The lowest BCUT2D eigenvalue weighted by atomic mass is 9.79. The first kappa shape index (κ1) is 11.3. The van der Waals surface area contributed by atoms with Crippen LogP contribution in [0.15, 0.2) is 29.2 Å². The van der Waals surface area contributed by atoms with Gasteiger partial charge in [0.15, 0.2) is 9.84 Å². The Morgan fingerprint density at radius 1 is 1.29 bits per heavy atom. The highest BCUT2D eigenvalue weighted by Crippen LogP contribution is 2.18. The summed E-state index contributed by atoms with van der Waals surface area (Å²) in [4.78, 5) is 0.338. The largest absolute Gasteiger partial charge is 0.224 e. The van der Waals surface area contributed by atoms with E-state index in [2.05, 4.69) is 0 Å². The van der Waals surface area contributed by atoms with Gasteiger partial charge >= 0.3 is 0 Å². The molecule has 0 saturated heterocycles. The first-order valence-electron chi connectivity index (χ1n) is 4.50. The first-order valence-corrected chi connectivity index (χ1v) is 6.40. The molecule has 0 aromatic heterocycles. The lowest BCUT2D eigenvalue weighted by Gasteiger charge is -2.09. The van der Waals surface area contributed by atoms with E-state index in [1.807, 2.05) is 6.92 Å². The molecule has 0 saturated carbocycles. The van der Waals surface area contributed by atoms with E-state index in [4.69, 9.17) is 7.85 Å². The van der Waals surface area contributed by atoms with Gasteiger partial charge in [0, 0.05) is 6.26 Å². The Bertz CT molecular complexity index is 395. The van der Waals surface area contributed by atoms with Gasteiger partial charge in [-0.15, -0.1) is 0 Å². The van der Waals surface area contributed by atoms with E-state index in [9.17, 15) is 8.42 Å². The summed E-state index contributed by atoms with van der Waals surface area (Å²) in [5, 5.41) is 0. The molecule has 0 spiro atoms. The maximum atomic E-state index is 11.2. The lowest BCUT2D eigenvalue weighted by Crippen LogP contribution is -1.99. The summed E-state index contributed by atoms with van der Waals surface area (Å²) in [6.45, 7) is 2.00. The van der Waals surface area contributed by atoms with Crippen molar-refractivity contribution in [1.82, 2.24) is 0 Å². The normalized spacial score (nSPS) is 13.9. The molecule has 0 N–H and O–H groups in total. The van der Waals surface area contributed by atoms with Gasteiger partial charge in [0.25, 0.3) is 0 Å². The van der Waals surface area contributed by atoms with Crippen LogP contribution >= 0.6 is 0 Å². The van der Waals surface area contributed by atoms with Crippen molar-refractivity contribution in [1.29, 1.82) is 0 Å². The van der Waals surface area contributed by atoms with Gasteiger partial charge in [-0.3, -0.25) is 0 Å². The molecule has 0 aliphatic heterocycles. The number of benzene rings is 1. The van der Waals surface area contributed by atoms with E-state index in [-0.39, 0.29) is 5.82 Å². The third-order valence-electron chi connectivity index (χ3n) is 2.18. The average molecular weight is 208 g/mol. The lowest BCUT2D eigenvalue weighted by molar-refractivity contribution is 0.602. The van der Waals surface area contributed by atoms with Gasteiger partial charge in [-0.05, 0) is 12.1 Å². The predicted octanol–water partition coefficient (Wildman–Crippen LogP) is 1.71. The molecule has 0 amide bonds. The minimum Gasteiger partial charge on any atom is -0.224 e. The summed E-state index contributed by atoms with van der Waals surface area (Å²) in [6, 6.07) is 6.73. The minimum atomic E-state index is -3.09. The van der Waals surface area contributed by atoms with Crippen molar-refractivity contribution in [2.75, 3.05) is 6.26 Å². The molecule has 1 aromatic carbocycles. The van der Waals surface area contributed by atoms with Crippen LogP contribution in [0.1, 0.15) is 24.7 Å². The molecular weight excluding hydrogens is 195 g/mol. The molecule has 1 unspecified atom stereocenters. The van der Waals surface area contributed by atoms with E-state index in [0.717, 1.165) is 12.0 Å². The molecule has 2 radical (unpaired) electrons. The van der Waals surface area contributed by atoms with E-state index >= 15 is 0 Å². The van der Waals surface area contributed by atoms with Crippen LogP contribution in [0.3, 0.4) is 0 Å². The Labute approximate surface area is 86.7 Å². The van der Waals surface area contributed by atoms with Gasteiger partial charge in [-0.2, -0.15) is 0 Å². The maximum absolute atomic E-state index is 11.2. The van der Waals surface area contributed by atoms with Crippen molar-refractivity contribution in [2.24, 2.45) is 0 Å². The molecule has 0 aliphatic rings. The van der Waals surface area contributed by atoms with Crippen molar-refractivity contribution in [2.45, 2.75) is 24.1 Å². The van der Waals surface area contributed by atoms with Crippen LogP contribution < -0.4 is 0 Å². The topological polar surface area (TPSA) is 34.1 Å². The van der Waals surface area contributed by atoms with Crippen LogP contribution in [0.2, 0.25) is 0 Å². The zero-order chi connectivity index (χ0) is 10.8. The fraction of sp³-hybridized carbons (Fsp3) is 0.400. The summed E-state index contributed by atoms with van der Waals surface area (Å²) in [5.74, 6) is -0.0105. The van der Waals surface area contributed by atoms with Crippen LogP contribution in [0.5, 0.6) is 0 Å². The van der Waals surface area contributed by atoms with E-state index in [1.54, 1.807) is 24.3 Å². The summed E-state index contributed by atoms with van der Waals surface area (Å²) in [7, 11) is 2.71. The second-order valence-electron chi connectivity index (χ2n) is 3.36. The number of hydrogen-bond acceptors (Lipinski definition) is 2. The molecule has 2 nitrogen and oxygen atoms in total. The smallest absolute Gasteiger partial charge is 0.175 e. The van der Waals surface area contributed by atoms with Crippen LogP contribution in [0.25, 0.3) is 0 Å². The summed E-state index contributed by atoms with van der Waals surface area (Å²) in [6.07, 6.45) is 2.04. The molecule has 0 aliphatic carbocycles. The Kier molecular flexibility index (Phi) is 3.37. The molecule has 74 valence electrons. The Morgan fingerprint density at radius 2 is 1.79 bits per heavy atom. The van der Waals surface area contributed by atoms with Crippen molar-refractivity contribution >= 4 is 17.7 Å². The molecule has 0 bridgehead atoms. The summed E-state index contributed by atoms with van der Waals surface area (Å²) < 4.78 is 22.3. The van der Waals surface area contributed by atoms with E-state index in [0.29, 0.717) is 4.90 Å². The molecule has 0 fully saturated rings. The zero-order valence-electron chi connectivity index (χ0n) is 8.40. The molecule has 4 heteroatoms. The van der Waals surface area contributed by atoms with E-state index in [1.165, 1.54) is 6.26 Å². The Balaban J connectivity index is 3.01. The van der Waals surface area contributed by atoms with E-state index < -0.39 is 9.84 Å². The third kappa shape index (κ3) is 2.61. The summed E-state index contributed by atoms with van der Waals surface area (Å²) in [5.41, 5.74) is 0.972. The van der Waals surface area contributed by atoms with Crippen molar-refractivity contribution < 1.29 is 8.42 Å². The average Bonchev–Trinajstić information content (AvgIpc) is 2.15. The third-order valence-corrected chi connectivity index (χ3v) is 3.30. The first-order chi connectivity index (χ1) is 6.45. The molecule has 1 atom stereocenters. The highest BCUT2D eigenvalue weighted by molar-refractivity contribution is 7.90. The molecule has 1 aromatic rings. The minimum absolute atomic E-state index is 0.0105. The van der Waals surface area contributed by atoms with Gasteiger partial charge in [-0.25, -0.2) is 8.42 Å². The SMILES string of the molecule is [B]C(CC)c1ccc(S(C)(=O)=O)cc1. The van der Waals surface area contributed by atoms with Crippen molar-refractivity contribution in [3.8, 4) is 0 Å². The highest BCUT2D eigenvalue weighted by atomic mass is 32.2. The van der Waals surface area contributed by atoms with Crippen molar-refractivity contribution in [3.63, 3.8) is 0 Å². The van der Waals surface area contributed by atoms with Gasteiger partial charge in [0.1, 0.15) is 0 Å². The quantitative estimate of drug-likeness (QED) is 0.708. The van der Waals surface area contributed by atoms with Gasteiger partial charge in [0.05, 0.1) is 12.7 Å². The summed E-state index contributed by atoms with van der Waals surface area (Å²) >= 11 is 0. The van der Waals surface area contributed by atoms with Gasteiger partial charge in [0.2, 0.25) is 0 Å². The van der Waals surface area contributed by atoms with Crippen LogP contribution in [-0.4, -0.2) is 22.5 Å². The number of rotatable bonds is 3. The Morgan fingerprint density at radius 3 is 2.14 bits per heavy atom. The van der Waals surface area contributed by atoms with Crippen LogP contribution in [0.4, 0.5) is 0 Å². The van der Waals surface area contributed by atoms with Gasteiger partial charge in [-0.1, -0.05) is 36.9 Å². The number of sulfone groups is 1. The molecule has 0 heterocycles. The maximum Gasteiger partial charge on any atom is 0.175 e. The van der Waals surface area contributed by atoms with Crippen molar-refractivity contribution in [3.05, 3.63) is 29.8 Å². The fourth-order valence-corrected chi connectivity index (χ4v) is 1.83. The molecule has 14 heavy (non-hydrogen) atoms. The standard InChI is InChI=1S/C10H13BO2S/c1-3-10(11)8-4-6-9(7-5-8)14(2,12)13/h4-7,10H,3H2,1-2H3. The van der Waals surface area contributed by atoms with Gasteiger partial charge < -0.3 is 0 Å². The second-order valence-corrected chi connectivity index (χ2v) is 5.37. The molecule has 1 rings (SSSR count). The monoisotopic (exact) mass is 208 g/mol. The molecular formula is C10H13BO2S. The Hall–Kier alpha value is -0.765. The highest BCUT2D eigenvalue weighted by Gasteiger charge is 2.07.